The summed E-state index contributed by atoms with van der Waals surface area (Å²) in [4.78, 5) is 8.82. The molecule has 0 saturated carbocycles. The molecule has 4 heteroatoms. The molecule has 18 heavy (non-hydrogen) atoms. The molecule has 96 valence electrons. The lowest BCUT2D eigenvalue weighted by molar-refractivity contribution is 0.782. The standard InChI is InChI=1S/C14H19N3S/c1-4-13-8-14(17-11(3)16-13)15-10(2)7-12-5-6-18-9-12/h5-6,8-10H,4,7H2,1-3H3,(H,15,16,17). The van der Waals surface area contributed by atoms with Crippen molar-refractivity contribution >= 4 is 17.2 Å². The Morgan fingerprint density at radius 1 is 1.39 bits per heavy atom. The molecule has 2 heterocycles. The van der Waals surface area contributed by atoms with Gasteiger partial charge in [0.1, 0.15) is 11.6 Å². The fourth-order valence-corrected chi connectivity index (χ4v) is 2.63. The molecular weight excluding hydrogens is 242 g/mol. The van der Waals surface area contributed by atoms with Crippen molar-refractivity contribution in [3.05, 3.63) is 40.0 Å². The third kappa shape index (κ3) is 3.53. The minimum absolute atomic E-state index is 0.374. The molecule has 0 aliphatic rings. The second kappa shape index (κ2) is 5.96. The van der Waals surface area contributed by atoms with Crippen LogP contribution in [0.3, 0.4) is 0 Å². The summed E-state index contributed by atoms with van der Waals surface area (Å²) in [6, 6.07) is 4.58. The topological polar surface area (TPSA) is 37.8 Å². The summed E-state index contributed by atoms with van der Waals surface area (Å²) in [5.74, 6) is 1.77. The Morgan fingerprint density at radius 2 is 2.22 bits per heavy atom. The van der Waals surface area contributed by atoms with Gasteiger partial charge in [0.15, 0.2) is 0 Å². The van der Waals surface area contributed by atoms with Crippen LogP contribution in [0.1, 0.15) is 30.9 Å². The molecule has 0 bridgehead atoms. The largest absolute Gasteiger partial charge is 0.367 e. The minimum Gasteiger partial charge on any atom is -0.367 e. The van der Waals surface area contributed by atoms with Crippen LogP contribution in [0, 0.1) is 6.92 Å². The first kappa shape index (κ1) is 13.0. The van der Waals surface area contributed by atoms with Crippen molar-refractivity contribution in [2.45, 2.75) is 39.7 Å². The van der Waals surface area contributed by atoms with Crippen LogP contribution in [0.5, 0.6) is 0 Å². The molecule has 2 rings (SSSR count). The normalized spacial score (nSPS) is 12.4. The molecule has 0 spiro atoms. The summed E-state index contributed by atoms with van der Waals surface area (Å²) >= 11 is 1.74. The highest BCUT2D eigenvalue weighted by Gasteiger charge is 2.06. The zero-order valence-corrected chi connectivity index (χ0v) is 11.9. The minimum atomic E-state index is 0.374. The molecule has 0 aliphatic carbocycles. The van der Waals surface area contributed by atoms with Gasteiger partial charge in [-0.1, -0.05) is 6.92 Å². The average Bonchev–Trinajstić information content (AvgIpc) is 2.80. The molecule has 1 N–H and O–H groups in total. The van der Waals surface area contributed by atoms with Gasteiger partial charge in [0.05, 0.1) is 0 Å². The van der Waals surface area contributed by atoms with E-state index in [1.54, 1.807) is 11.3 Å². The molecule has 0 amide bonds. The number of nitrogens with one attached hydrogen (secondary N) is 1. The Kier molecular flexibility index (Phi) is 4.31. The summed E-state index contributed by atoms with van der Waals surface area (Å²) in [5.41, 5.74) is 2.47. The average molecular weight is 261 g/mol. The maximum Gasteiger partial charge on any atom is 0.130 e. The van der Waals surface area contributed by atoms with Crippen molar-refractivity contribution in [3.8, 4) is 0 Å². The molecule has 2 aromatic rings. The predicted molar refractivity (Wildman–Crippen MR) is 77.3 cm³/mol. The number of hydrogen-bond donors (Lipinski definition) is 1. The molecule has 0 radical (unpaired) electrons. The maximum absolute atomic E-state index is 4.43. The summed E-state index contributed by atoms with van der Waals surface area (Å²) in [6.45, 7) is 6.23. The second-order valence-corrected chi connectivity index (χ2v) is 5.31. The van der Waals surface area contributed by atoms with Crippen LogP contribution in [-0.4, -0.2) is 16.0 Å². The third-order valence-corrected chi connectivity index (χ3v) is 3.50. The van der Waals surface area contributed by atoms with Crippen LogP contribution >= 0.6 is 11.3 Å². The first-order valence-corrected chi connectivity index (χ1v) is 7.24. The molecule has 2 aromatic heterocycles. The lowest BCUT2D eigenvalue weighted by atomic mass is 10.1. The number of rotatable bonds is 5. The van der Waals surface area contributed by atoms with E-state index in [1.807, 2.05) is 13.0 Å². The van der Waals surface area contributed by atoms with Crippen LogP contribution in [0.15, 0.2) is 22.9 Å². The van der Waals surface area contributed by atoms with Gasteiger partial charge in [-0.2, -0.15) is 11.3 Å². The van der Waals surface area contributed by atoms with Crippen LogP contribution < -0.4 is 5.32 Å². The van der Waals surface area contributed by atoms with Gasteiger partial charge in [0.2, 0.25) is 0 Å². The van der Waals surface area contributed by atoms with Crippen molar-refractivity contribution in [2.75, 3.05) is 5.32 Å². The summed E-state index contributed by atoms with van der Waals surface area (Å²) in [5, 5.41) is 7.76. The molecule has 0 aromatic carbocycles. The van der Waals surface area contributed by atoms with Gasteiger partial charge < -0.3 is 5.32 Å². The SMILES string of the molecule is CCc1cc(NC(C)Cc2ccsc2)nc(C)n1. The molecule has 1 unspecified atom stereocenters. The summed E-state index contributed by atoms with van der Waals surface area (Å²) in [6.07, 6.45) is 1.96. The zero-order chi connectivity index (χ0) is 13.0. The lowest BCUT2D eigenvalue weighted by Gasteiger charge is -2.14. The van der Waals surface area contributed by atoms with Gasteiger partial charge in [0.25, 0.3) is 0 Å². The van der Waals surface area contributed by atoms with E-state index in [0.717, 1.165) is 30.2 Å². The molecule has 0 aliphatic heterocycles. The lowest BCUT2D eigenvalue weighted by Crippen LogP contribution is -2.19. The van der Waals surface area contributed by atoms with Gasteiger partial charge in [-0.25, -0.2) is 9.97 Å². The highest BCUT2D eigenvalue weighted by molar-refractivity contribution is 7.07. The Morgan fingerprint density at radius 3 is 2.89 bits per heavy atom. The van der Waals surface area contributed by atoms with Crippen molar-refractivity contribution in [1.82, 2.24) is 9.97 Å². The van der Waals surface area contributed by atoms with E-state index >= 15 is 0 Å². The molecule has 3 nitrogen and oxygen atoms in total. The summed E-state index contributed by atoms with van der Waals surface area (Å²) in [7, 11) is 0. The maximum atomic E-state index is 4.43. The molecule has 0 fully saturated rings. The number of anilines is 1. The highest BCUT2D eigenvalue weighted by atomic mass is 32.1. The monoisotopic (exact) mass is 261 g/mol. The Hall–Kier alpha value is -1.42. The third-order valence-electron chi connectivity index (χ3n) is 2.77. The number of hydrogen-bond acceptors (Lipinski definition) is 4. The zero-order valence-electron chi connectivity index (χ0n) is 11.1. The molecular formula is C14H19N3S. The van der Waals surface area contributed by atoms with Crippen molar-refractivity contribution in [1.29, 1.82) is 0 Å². The van der Waals surface area contributed by atoms with Gasteiger partial charge >= 0.3 is 0 Å². The highest BCUT2D eigenvalue weighted by Crippen LogP contribution is 2.13. The smallest absolute Gasteiger partial charge is 0.130 e. The number of aromatic nitrogens is 2. The van der Waals surface area contributed by atoms with Crippen molar-refractivity contribution in [3.63, 3.8) is 0 Å². The van der Waals surface area contributed by atoms with E-state index in [-0.39, 0.29) is 0 Å². The van der Waals surface area contributed by atoms with Crippen LogP contribution in [0.2, 0.25) is 0 Å². The van der Waals surface area contributed by atoms with E-state index in [9.17, 15) is 0 Å². The van der Waals surface area contributed by atoms with E-state index in [0.29, 0.717) is 6.04 Å². The Labute approximate surface area is 112 Å². The van der Waals surface area contributed by atoms with Gasteiger partial charge in [0, 0.05) is 17.8 Å². The summed E-state index contributed by atoms with van der Waals surface area (Å²) < 4.78 is 0. The van der Waals surface area contributed by atoms with E-state index in [4.69, 9.17) is 0 Å². The fourth-order valence-electron chi connectivity index (χ4n) is 1.95. The number of aryl methyl sites for hydroxylation is 2. The van der Waals surface area contributed by atoms with Gasteiger partial charge in [-0.05, 0) is 49.1 Å². The predicted octanol–water partition coefficient (Wildman–Crippen LogP) is 3.45. The van der Waals surface area contributed by atoms with E-state index in [1.165, 1.54) is 5.56 Å². The van der Waals surface area contributed by atoms with Crippen molar-refractivity contribution < 1.29 is 0 Å². The van der Waals surface area contributed by atoms with Crippen molar-refractivity contribution in [2.24, 2.45) is 0 Å². The van der Waals surface area contributed by atoms with E-state index in [2.05, 4.69) is 46.0 Å². The molecule has 1 atom stereocenters. The van der Waals surface area contributed by atoms with Crippen LogP contribution in [0.4, 0.5) is 5.82 Å². The van der Waals surface area contributed by atoms with Gasteiger partial charge in [-0.15, -0.1) is 0 Å². The molecule has 0 saturated heterocycles. The fraction of sp³-hybridized carbons (Fsp3) is 0.429. The van der Waals surface area contributed by atoms with Crippen LogP contribution in [-0.2, 0) is 12.8 Å². The second-order valence-electron chi connectivity index (χ2n) is 4.53. The number of nitrogens with zero attached hydrogens (tertiary/aromatic N) is 2. The van der Waals surface area contributed by atoms with Gasteiger partial charge in [-0.3, -0.25) is 0 Å². The Balaban J connectivity index is 2.02. The first-order chi connectivity index (χ1) is 8.67. The first-order valence-electron chi connectivity index (χ1n) is 6.29. The Bertz CT molecular complexity index is 494. The number of thiophene rings is 1. The van der Waals surface area contributed by atoms with E-state index < -0.39 is 0 Å². The van der Waals surface area contributed by atoms with Crippen LogP contribution in [0.25, 0.3) is 0 Å². The quantitative estimate of drug-likeness (QED) is 0.895.